The standard InChI is InChI=1S/C24H42O3/c1-5-9-12-15-19-20(16-13-10-6-2)22(25)23(26)24(27-18-8-4)21(19)17-14-11-7-3/h25-26H,5-18H2,1-4H3. The van der Waals surface area contributed by atoms with Gasteiger partial charge in [0, 0.05) is 11.1 Å². The van der Waals surface area contributed by atoms with Gasteiger partial charge in [-0.1, -0.05) is 66.2 Å². The van der Waals surface area contributed by atoms with Crippen molar-refractivity contribution in [1.82, 2.24) is 0 Å². The summed E-state index contributed by atoms with van der Waals surface area (Å²) < 4.78 is 5.95. The molecule has 3 nitrogen and oxygen atoms in total. The number of phenols is 2. The molecule has 0 amide bonds. The largest absolute Gasteiger partial charge is 0.504 e. The lowest BCUT2D eigenvalue weighted by Gasteiger charge is -2.22. The number of benzene rings is 1. The minimum absolute atomic E-state index is 0.0410. The summed E-state index contributed by atoms with van der Waals surface area (Å²) in [5.74, 6) is 0.555. The van der Waals surface area contributed by atoms with Gasteiger partial charge in [-0.05, 0) is 50.5 Å². The van der Waals surface area contributed by atoms with Crippen molar-refractivity contribution in [3.63, 3.8) is 0 Å². The summed E-state index contributed by atoms with van der Waals surface area (Å²) in [6.45, 7) is 9.25. The van der Waals surface area contributed by atoms with Crippen molar-refractivity contribution in [3.05, 3.63) is 16.7 Å². The van der Waals surface area contributed by atoms with Crippen LogP contribution < -0.4 is 4.74 Å². The zero-order valence-electron chi connectivity index (χ0n) is 18.2. The summed E-state index contributed by atoms with van der Waals surface area (Å²) in [5.41, 5.74) is 3.36. The van der Waals surface area contributed by atoms with Gasteiger partial charge in [-0.25, -0.2) is 0 Å². The summed E-state index contributed by atoms with van der Waals surface area (Å²) >= 11 is 0. The average Bonchev–Trinajstić information content (AvgIpc) is 2.67. The van der Waals surface area contributed by atoms with E-state index in [1.807, 2.05) is 0 Å². The van der Waals surface area contributed by atoms with Crippen LogP contribution in [0.25, 0.3) is 0 Å². The molecule has 0 saturated heterocycles. The summed E-state index contributed by atoms with van der Waals surface area (Å²) in [6, 6.07) is 0. The van der Waals surface area contributed by atoms with E-state index in [0.717, 1.165) is 68.9 Å². The Hall–Kier alpha value is -1.38. The van der Waals surface area contributed by atoms with E-state index in [9.17, 15) is 10.2 Å². The van der Waals surface area contributed by atoms with Gasteiger partial charge in [-0.2, -0.15) is 0 Å². The Morgan fingerprint density at radius 2 is 1.04 bits per heavy atom. The molecule has 0 unspecified atom stereocenters. The van der Waals surface area contributed by atoms with Crippen LogP contribution in [0, 0.1) is 0 Å². The Morgan fingerprint density at radius 3 is 1.52 bits per heavy atom. The molecule has 0 atom stereocenters. The van der Waals surface area contributed by atoms with E-state index in [4.69, 9.17) is 4.74 Å². The molecule has 0 aromatic heterocycles. The third-order valence-corrected chi connectivity index (χ3v) is 5.27. The molecule has 0 radical (unpaired) electrons. The molecule has 1 rings (SSSR count). The van der Waals surface area contributed by atoms with E-state index >= 15 is 0 Å². The van der Waals surface area contributed by atoms with Crippen LogP contribution in [-0.4, -0.2) is 16.8 Å². The summed E-state index contributed by atoms with van der Waals surface area (Å²) in [4.78, 5) is 0. The van der Waals surface area contributed by atoms with E-state index in [2.05, 4.69) is 27.7 Å². The second-order valence-electron chi connectivity index (χ2n) is 7.68. The van der Waals surface area contributed by atoms with Gasteiger partial charge in [0.1, 0.15) is 0 Å². The highest BCUT2D eigenvalue weighted by atomic mass is 16.5. The number of unbranched alkanes of at least 4 members (excludes halogenated alkanes) is 6. The summed E-state index contributed by atoms with van der Waals surface area (Å²) in [7, 11) is 0. The number of aromatic hydroxyl groups is 2. The molecule has 1 aromatic rings. The van der Waals surface area contributed by atoms with E-state index in [1.165, 1.54) is 31.2 Å². The van der Waals surface area contributed by atoms with Crippen molar-refractivity contribution in [3.8, 4) is 17.2 Å². The molecule has 156 valence electrons. The van der Waals surface area contributed by atoms with Crippen LogP contribution in [0.15, 0.2) is 0 Å². The Kier molecular flexibility index (Phi) is 12.0. The number of hydrogen-bond donors (Lipinski definition) is 2. The van der Waals surface area contributed by atoms with Crippen molar-refractivity contribution >= 4 is 0 Å². The highest BCUT2D eigenvalue weighted by molar-refractivity contribution is 5.62. The highest BCUT2D eigenvalue weighted by Gasteiger charge is 2.24. The van der Waals surface area contributed by atoms with Gasteiger partial charge in [-0.3, -0.25) is 0 Å². The van der Waals surface area contributed by atoms with Gasteiger partial charge < -0.3 is 14.9 Å². The molecule has 3 heteroatoms. The molecule has 0 aliphatic rings. The number of rotatable bonds is 15. The predicted molar refractivity (Wildman–Crippen MR) is 115 cm³/mol. The Morgan fingerprint density at radius 1 is 0.556 bits per heavy atom. The second-order valence-corrected chi connectivity index (χ2v) is 7.68. The third-order valence-electron chi connectivity index (χ3n) is 5.27. The molecule has 27 heavy (non-hydrogen) atoms. The first kappa shape index (κ1) is 23.7. The predicted octanol–water partition coefficient (Wildman–Crippen LogP) is 7.08. The second kappa shape index (κ2) is 13.7. The maximum Gasteiger partial charge on any atom is 0.201 e. The fourth-order valence-corrected chi connectivity index (χ4v) is 3.71. The monoisotopic (exact) mass is 378 g/mol. The fourth-order valence-electron chi connectivity index (χ4n) is 3.71. The molecular weight excluding hydrogens is 336 g/mol. The quantitative estimate of drug-likeness (QED) is 0.253. The maximum absolute atomic E-state index is 10.8. The molecule has 2 N–H and O–H groups in total. The third kappa shape index (κ3) is 7.27. The van der Waals surface area contributed by atoms with Gasteiger partial charge in [0.25, 0.3) is 0 Å². The van der Waals surface area contributed by atoms with Crippen LogP contribution in [0.2, 0.25) is 0 Å². The van der Waals surface area contributed by atoms with E-state index in [-0.39, 0.29) is 11.5 Å². The molecule has 0 heterocycles. The van der Waals surface area contributed by atoms with Crippen molar-refractivity contribution in [2.45, 2.75) is 111 Å². The Balaban J connectivity index is 3.35. The van der Waals surface area contributed by atoms with E-state index < -0.39 is 0 Å². The molecule has 0 saturated carbocycles. The maximum atomic E-state index is 10.8. The van der Waals surface area contributed by atoms with Gasteiger partial charge in [-0.15, -0.1) is 0 Å². The molecule has 0 aliphatic carbocycles. The van der Waals surface area contributed by atoms with Gasteiger partial charge in [0.15, 0.2) is 11.5 Å². The van der Waals surface area contributed by atoms with Gasteiger partial charge >= 0.3 is 0 Å². The smallest absolute Gasteiger partial charge is 0.201 e. The molecule has 0 bridgehead atoms. The zero-order valence-corrected chi connectivity index (χ0v) is 18.2. The van der Waals surface area contributed by atoms with Crippen molar-refractivity contribution in [1.29, 1.82) is 0 Å². The minimum atomic E-state index is -0.0410. The Labute approximate surface area is 167 Å². The first-order chi connectivity index (χ1) is 13.1. The van der Waals surface area contributed by atoms with E-state index in [0.29, 0.717) is 12.4 Å². The Bertz CT molecular complexity index is 537. The van der Waals surface area contributed by atoms with Gasteiger partial charge in [0.2, 0.25) is 5.75 Å². The fraction of sp³-hybridized carbons (Fsp3) is 0.750. The number of phenolic OH excluding ortho intramolecular Hbond substituents is 2. The molecule has 1 aromatic carbocycles. The number of ether oxygens (including phenoxy) is 1. The lowest BCUT2D eigenvalue weighted by molar-refractivity contribution is 0.287. The zero-order chi connectivity index (χ0) is 20.1. The number of hydrogen-bond acceptors (Lipinski definition) is 3. The lowest BCUT2D eigenvalue weighted by atomic mass is 9.88. The molecular formula is C24H42O3. The topological polar surface area (TPSA) is 49.7 Å². The molecule has 0 aliphatic heterocycles. The molecule has 0 spiro atoms. The van der Waals surface area contributed by atoms with Crippen LogP contribution in [0.5, 0.6) is 17.2 Å². The first-order valence-electron chi connectivity index (χ1n) is 11.3. The lowest BCUT2D eigenvalue weighted by Crippen LogP contribution is -2.08. The van der Waals surface area contributed by atoms with Crippen LogP contribution in [0.1, 0.15) is 109 Å². The van der Waals surface area contributed by atoms with Crippen molar-refractivity contribution in [2.75, 3.05) is 6.61 Å². The van der Waals surface area contributed by atoms with Crippen molar-refractivity contribution in [2.24, 2.45) is 0 Å². The molecule has 0 fully saturated rings. The van der Waals surface area contributed by atoms with Crippen LogP contribution in [-0.2, 0) is 19.3 Å². The first-order valence-corrected chi connectivity index (χ1v) is 11.3. The summed E-state index contributed by atoms with van der Waals surface area (Å²) in [6.07, 6.45) is 13.9. The van der Waals surface area contributed by atoms with Crippen molar-refractivity contribution < 1.29 is 14.9 Å². The average molecular weight is 379 g/mol. The van der Waals surface area contributed by atoms with Crippen LogP contribution in [0.4, 0.5) is 0 Å². The highest BCUT2D eigenvalue weighted by Crippen LogP contribution is 2.46. The van der Waals surface area contributed by atoms with Crippen LogP contribution in [0.3, 0.4) is 0 Å². The minimum Gasteiger partial charge on any atom is -0.504 e. The van der Waals surface area contributed by atoms with E-state index in [1.54, 1.807) is 0 Å². The normalized spacial score (nSPS) is 11.1. The summed E-state index contributed by atoms with van der Waals surface area (Å²) in [5, 5.41) is 21.5. The van der Waals surface area contributed by atoms with Gasteiger partial charge in [0.05, 0.1) is 6.61 Å². The SMILES string of the molecule is CCCCCc1c(O)c(O)c(OCCC)c(CCCCC)c1CCCCC. The van der Waals surface area contributed by atoms with Crippen LogP contribution >= 0.6 is 0 Å².